The highest BCUT2D eigenvalue weighted by atomic mass is 32.2. The summed E-state index contributed by atoms with van der Waals surface area (Å²) in [6.45, 7) is 1.31. The third kappa shape index (κ3) is 4.51. The van der Waals surface area contributed by atoms with Crippen molar-refractivity contribution in [2.45, 2.75) is 125 Å². The van der Waals surface area contributed by atoms with Crippen LogP contribution in [-0.4, -0.2) is 52.1 Å². The molecule has 11 atom stereocenters. The molecule has 2 saturated heterocycles. The van der Waals surface area contributed by atoms with E-state index in [1.807, 2.05) is 0 Å². The maximum atomic E-state index is 8.16. The van der Waals surface area contributed by atoms with Crippen molar-refractivity contribution in [2.24, 2.45) is 41.1 Å². The summed E-state index contributed by atoms with van der Waals surface area (Å²) in [6, 6.07) is 2.31. The second-order valence-electron chi connectivity index (χ2n) is 12.6. The van der Waals surface area contributed by atoms with E-state index < -0.39 is 0 Å². The van der Waals surface area contributed by atoms with E-state index in [0.29, 0.717) is 41.3 Å². The van der Waals surface area contributed by atoms with E-state index in [-0.39, 0.29) is 0 Å². The molecule has 4 aliphatic carbocycles. The second kappa shape index (κ2) is 9.63. The minimum atomic E-state index is 0.311. The van der Waals surface area contributed by atoms with Crippen LogP contribution < -0.4 is 16.8 Å². The predicted molar refractivity (Wildman–Crippen MR) is 138 cm³/mol. The van der Waals surface area contributed by atoms with Crippen molar-refractivity contribution >= 4 is 17.6 Å². The first-order valence-electron chi connectivity index (χ1n) is 14.3. The highest BCUT2D eigenvalue weighted by Gasteiger charge is 2.51. The number of amidine groups is 1. The number of nitrogens with one attached hydrogen (secondary N) is 2. The van der Waals surface area contributed by atoms with Crippen LogP contribution in [0.4, 0.5) is 0 Å². The van der Waals surface area contributed by atoms with Gasteiger partial charge in [0.25, 0.3) is 0 Å². The summed E-state index contributed by atoms with van der Waals surface area (Å²) >= 11 is 2.26. The number of fused-ring (bicyclic) bond motifs is 3. The molecule has 0 radical (unpaired) electrons. The average molecular weight is 474 g/mol. The molecule has 10 unspecified atom stereocenters. The standard InChI is InChI=1S/C27H47N5S/c28-20-10-11-25-22(14-20)31-27(33-25)24-12-17-8-9-18(26(29)30)13-23(17)32(24)15-19-6-3-5-16-4-1-2-7-21(16)19/h16-25,27,31H,1-15,28H2,(H3,29,30)/t16?,17?,18?,19?,20-,21?,22?,23?,24?,25?,27?/m0/s1. The molecule has 5 nitrogen and oxygen atoms in total. The van der Waals surface area contributed by atoms with Crippen molar-refractivity contribution in [3.05, 3.63) is 0 Å². The molecule has 6 aliphatic rings. The minimum Gasteiger partial charge on any atom is -0.387 e. The number of hydrogen-bond donors (Lipinski definition) is 4. The molecule has 0 bridgehead atoms. The largest absolute Gasteiger partial charge is 0.387 e. The zero-order valence-corrected chi connectivity index (χ0v) is 21.3. The summed E-state index contributed by atoms with van der Waals surface area (Å²) in [6.07, 6.45) is 18.8. The normalized spacial score (nSPS) is 50.4. The smallest absolute Gasteiger partial charge is 0.0937 e. The van der Waals surface area contributed by atoms with Gasteiger partial charge in [-0.3, -0.25) is 10.3 Å². The van der Waals surface area contributed by atoms with Crippen LogP contribution in [0.1, 0.15) is 89.9 Å². The lowest BCUT2D eigenvalue weighted by molar-refractivity contribution is 0.0430. The van der Waals surface area contributed by atoms with E-state index in [0.717, 1.165) is 48.2 Å². The fourth-order valence-electron chi connectivity index (χ4n) is 9.16. The van der Waals surface area contributed by atoms with Crippen molar-refractivity contribution in [1.82, 2.24) is 10.2 Å². The molecule has 6 rings (SSSR count). The van der Waals surface area contributed by atoms with Crippen LogP contribution in [0.3, 0.4) is 0 Å². The van der Waals surface area contributed by atoms with Gasteiger partial charge >= 0.3 is 0 Å². The van der Waals surface area contributed by atoms with Crippen molar-refractivity contribution in [2.75, 3.05) is 6.54 Å². The number of nitrogens with two attached hydrogens (primary N) is 2. The van der Waals surface area contributed by atoms with Gasteiger partial charge in [0, 0.05) is 41.9 Å². The lowest BCUT2D eigenvalue weighted by Crippen LogP contribution is -2.52. The Balaban J connectivity index is 1.22. The Bertz CT molecular complexity index is 715. The molecule has 4 saturated carbocycles. The molecular formula is C27H47N5S. The van der Waals surface area contributed by atoms with E-state index in [9.17, 15) is 0 Å². The van der Waals surface area contributed by atoms with Crippen molar-refractivity contribution in [3.8, 4) is 0 Å². The summed E-state index contributed by atoms with van der Waals surface area (Å²) in [4.78, 5) is 3.00. The van der Waals surface area contributed by atoms with Crippen LogP contribution in [0.2, 0.25) is 0 Å². The van der Waals surface area contributed by atoms with Crippen LogP contribution in [0.25, 0.3) is 0 Å². The Morgan fingerprint density at radius 3 is 2.61 bits per heavy atom. The summed E-state index contributed by atoms with van der Waals surface area (Å²) in [5.41, 5.74) is 12.4. The molecule has 33 heavy (non-hydrogen) atoms. The quantitative estimate of drug-likeness (QED) is 0.361. The van der Waals surface area contributed by atoms with Gasteiger partial charge in [0.15, 0.2) is 0 Å². The summed E-state index contributed by atoms with van der Waals surface area (Å²) in [7, 11) is 0. The van der Waals surface area contributed by atoms with Gasteiger partial charge in [-0.25, -0.2) is 0 Å². The van der Waals surface area contributed by atoms with Gasteiger partial charge in [0.05, 0.1) is 11.2 Å². The minimum absolute atomic E-state index is 0.311. The number of rotatable bonds is 4. The van der Waals surface area contributed by atoms with Crippen LogP contribution >= 0.6 is 11.8 Å². The topological polar surface area (TPSA) is 91.2 Å². The SMILES string of the molecule is N=C(N)C1CCC2CC(C3NC4C[C@@H](N)CCC4S3)N(CC3CCCC4CCCCC43)C2C1. The van der Waals surface area contributed by atoms with Gasteiger partial charge in [-0.15, -0.1) is 11.8 Å². The first kappa shape index (κ1) is 23.1. The molecule has 2 aliphatic heterocycles. The van der Waals surface area contributed by atoms with Crippen LogP contribution in [-0.2, 0) is 0 Å². The zero-order valence-electron chi connectivity index (χ0n) is 20.5. The molecular weight excluding hydrogens is 426 g/mol. The summed E-state index contributed by atoms with van der Waals surface area (Å²) in [5.74, 6) is 4.44. The molecule has 2 heterocycles. The van der Waals surface area contributed by atoms with Crippen molar-refractivity contribution in [1.29, 1.82) is 5.41 Å². The lowest BCUT2D eigenvalue weighted by Gasteiger charge is -2.46. The van der Waals surface area contributed by atoms with Gasteiger partial charge in [-0.05, 0) is 81.5 Å². The monoisotopic (exact) mass is 473 g/mol. The molecule has 0 aromatic rings. The van der Waals surface area contributed by atoms with Gasteiger partial charge in [-0.1, -0.05) is 32.1 Å². The van der Waals surface area contributed by atoms with Crippen molar-refractivity contribution < 1.29 is 0 Å². The van der Waals surface area contributed by atoms with E-state index in [1.165, 1.54) is 77.2 Å². The fraction of sp³-hybridized carbons (Fsp3) is 0.963. The summed E-state index contributed by atoms with van der Waals surface area (Å²) in [5, 5.41) is 13.6. The first-order valence-corrected chi connectivity index (χ1v) is 15.3. The van der Waals surface area contributed by atoms with Crippen molar-refractivity contribution in [3.63, 3.8) is 0 Å². The van der Waals surface area contributed by atoms with Gasteiger partial charge in [0.2, 0.25) is 0 Å². The number of thioether (sulfide) groups is 1. The highest BCUT2D eigenvalue weighted by Crippen LogP contribution is 2.50. The van der Waals surface area contributed by atoms with Crippen LogP contribution in [0.5, 0.6) is 0 Å². The molecule has 186 valence electrons. The molecule has 0 amide bonds. The molecule has 0 aromatic heterocycles. The number of hydrogen-bond acceptors (Lipinski definition) is 5. The van der Waals surface area contributed by atoms with E-state index in [1.54, 1.807) is 0 Å². The molecule has 6 heteroatoms. The highest BCUT2D eigenvalue weighted by molar-refractivity contribution is 8.00. The Hall–Kier alpha value is -0.300. The maximum absolute atomic E-state index is 8.16. The number of likely N-dealkylation sites (tertiary alicyclic amines) is 1. The second-order valence-corrected chi connectivity index (χ2v) is 14.0. The van der Waals surface area contributed by atoms with Crippen LogP contribution in [0, 0.1) is 35.0 Å². The Kier molecular flexibility index (Phi) is 6.75. The summed E-state index contributed by atoms with van der Waals surface area (Å²) < 4.78 is 0. The van der Waals surface area contributed by atoms with Gasteiger partial charge in [-0.2, -0.15) is 0 Å². The number of nitrogens with zero attached hydrogens (tertiary/aromatic N) is 1. The zero-order chi connectivity index (χ0) is 22.5. The third-order valence-electron chi connectivity index (χ3n) is 10.8. The fourth-order valence-corrected chi connectivity index (χ4v) is 10.9. The lowest BCUT2D eigenvalue weighted by atomic mass is 9.65. The van der Waals surface area contributed by atoms with Gasteiger partial charge in [0.1, 0.15) is 0 Å². The van der Waals surface area contributed by atoms with E-state index in [2.05, 4.69) is 22.0 Å². The van der Waals surface area contributed by atoms with E-state index in [4.69, 9.17) is 16.9 Å². The average Bonchev–Trinajstić information content (AvgIpc) is 3.40. The Morgan fingerprint density at radius 1 is 0.879 bits per heavy atom. The van der Waals surface area contributed by atoms with E-state index >= 15 is 0 Å². The molecule has 0 aromatic carbocycles. The first-order chi connectivity index (χ1) is 16.1. The molecule has 6 fully saturated rings. The predicted octanol–water partition coefficient (Wildman–Crippen LogP) is 4.30. The Morgan fingerprint density at radius 2 is 1.73 bits per heavy atom. The maximum Gasteiger partial charge on any atom is 0.0937 e. The van der Waals surface area contributed by atoms with Gasteiger partial charge < -0.3 is 16.8 Å². The van der Waals surface area contributed by atoms with Crippen LogP contribution in [0.15, 0.2) is 0 Å². The molecule has 0 spiro atoms. The molecule has 6 N–H and O–H groups in total. The third-order valence-corrected chi connectivity index (χ3v) is 12.5. The Labute approximate surface area is 205 Å².